The van der Waals surface area contributed by atoms with Crippen molar-refractivity contribution in [2.45, 2.75) is 25.8 Å². The summed E-state index contributed by atoms with van der Waals surface area (Å²) < 4.78 is 1.70. The number of halogens is 2. The Balaban J connectivity index is 2.31. The van der Waals surface area contributed by atoms with E-state index in [1.165, 1.54) is 0 Å². The van der Waals surface area contributed by atoms with Crippen molar-refractivity contribution in [3.8, 4) is 0 Å². The van der Waals surface area contributed by atoms with Crippen LogP contribution in [-0.4, -0.2) is 28.0 Å². The molecule has 3 N–H and O–H groups in total. The number of aromatic nitrogens is 1. The van der Waals surface area contributed by atoms with E-state index in [1.807, 2.05) is 19.1 Å². The molecule has 7 heteroatoms. The van der Waals surface area contributed by atoms with Gasteiger partial charge in [-0.1, -0.05) is 13.3 Å². The summed E-state index contributed by atoms with van der Waals surface area (Å²) in [7, 11) is 0. The van der Waals surface area contributed by atoms with Crippen molar-refractivity contribution in [2.24, 2.45) is 0 Å². The van der Waals surface area contributed by atoms with E-state index in [0.717, 1.165) is 19.8 Å². The number of carbonyl (C=O) groups excluding carboxylic acids is 1. The number of carboxylic acids is 1. The first-order chi connectivity index (χ1) is 9.93. The summed E-state index contributed by atoms with van der Waals surface area (Å²) in [5.41, 5.74) is 1.23. The molecule has 2 aromatic rings. The smallest absolute Gasteiger partial charge is 0.326 e. The fourth-order valence-corrected chi connectivity index (χ4v) is 2.77. The molecule has 0 unspecified atom stereocenters. The van der Waals surface area contributed by atoms with Gasteiger partial charge in [0, 0.05) is 26.0 Å². The third-order valence-corrected chi connectivity index (χ3v) is 4.99. The maximum atomic E-state index is 12.3. The van der Waals surface area contributed by atoms with Gasteiger partial charge in [-0.05, 0) is 50.4 Å². The summed E-state index contributed by atoms with van der Waals surface area (Å²) in [5.74, 6) is -1.41. The molecule has 2 rings (SSSR count). The van der Waals surface area contributed by atoms with Crippen molar-refractivity contribution >= 4 is 54.6 Å². The molecule has 112 valence electrons. The van der Waals surface area contributed by atoms with Crippen LogP contribution in [0, 0.1) is 0 Å². The number of hydrogen-bond donors (Lipinski definition) is 3. The van der Waals surface area contributed by atoms with Gasteiger partial charge in [-0.3, -0.25) is 4.79 Å². The van der Waals surface area contributed by atoms with E-state index in [1.54, 1.807) is 6.20 Å². The lowest BCUT2D eigenvalue weighted by Crippen LogP contribution is -2.40. The third kappa shape index (κ3) is 3.47. The fraction of sp³-hybridized carbons (Fsp3) is 0.286. The molecule has 0 fully saturated rings. The highest BCUT2D eigenvalue weighted by molar-refractivity contribution is 9.13. The predicted molar refractivity (Wildman–Crippen MR) is 87.5 cm³/mol. The van der Waals surface area contributed by atoms with Gasteiger partial charge < -0.3 is 15.4 Å². The molecule has 5 nitrogen and oxygen atoms in total. The van der Waals surface area contributed by atoms with Gasteiger partial charge in [-0.15, -0.1) is 0 Å². The number of nitrogens with one attached hydrogen (secondary N) is 2. The van der Waals surface area contributed by atoms with Gasteiger partial charge in [0.1, 0.15) is 6.04 Å². The Bertz CT molecular complexity index is 697. The number of rotatable bonds is 5. The first-order valence-electron chi connectivity index (χ1n) is 6.43. The number of hydrogen-bond acceptors (Lipinski definition) is 2. The Morgan fingerprint density at radius 3 is 2.62 bits per heavy atom. The molecule has 0 radical (unpaired) electrons. The van der Waals surface area contributed by atoms with Gasteiger partial charge in [0.25, 0.3) is 5.91 Å². The normalized spacial score (nSPS) is 12.3. The topological polar surface area (TPSA) is 82.2 Å². The minimum atomic E-state index is -1.02. The lowest BCUT2D eigenvalue weighted by atomic mass is 10.1. The quantitative estimate of drug-likeness (QED) is 0.693. The summed E-state index contributed by atoms with van der Waals surface area (Å²) in [5, 5.41) is 12.4. The first-order valence-corrected chi connectivity index (χ1v) is 8.02. The Labute approximate surface area is 138 Å². The van der Waals surface area contributed by atoms with Crippen molar-refractivity contribution in [3.05, 3.63) is 32.8 Å². The van der Waals surface area contributed by atoms with Gasteiger partial charge in [-0.25, -0.2) is 4.79 Å². The molecule has 0 aliphatic carbocycles. The lowest BCUT2D eigenvalue weighted by Gasteiger charge is -2.13. The third-order valence-electron chi connectivity index (χ3n) is 3.15. The van der Waals surface area contributed by atoms with Crippen LogP contribution >= 0.6 is 31.9 Å². The highest BCUT2D eigenvalue weighted by Gasteiger charge is 2.21. The standard InChI is InChI=1S/C14H14Br2N2O3/c1-2-3-11(14(20)21)18-13(19)8-6-17-12-5-10(16)9(15)4-7(8)12/h4-6,11,17H,2-3H2,1H3,(H,18,19)(H,20,21)/t11-/m0/s1. The molecule has 1 heterocycles. The average Bonchev–Trinajstić information content (AvgIpc) is 2.81. The number of amides is 1. The zero-order chi connectivity index (χ0) is 15.6. The molecule has 1 amide bonds. The number of H-pyrrole nitrogens is 1. The monoisotopic (exact) mass is 416 g/mol. The Kier molecular flexibility index (Phi) is 5.05. The van der Waals surface area contributed by atoms with Crippen LogP contribution in [0.3, 0.4) is 0 Å². The second kappa shape index (κ2) is 6.62. The van der Waals surface area contributed by atoms with E-state index in [4.69, 9.17) is 5.11 Å². The number of carboxylic acid groups (broad SMARTS) is 1. The van der Waals surface area contributed by atoms with Gasteiger partial charge in [0.05, 0.1) is 5.56 Å². The second-order valence-corrected chi connectivity index (χ2v) is 6.38. The van der Waals surface area contributed by atoms with Crippen molar-refractivity contribution < 1.29 is 14.7 Å². The van der Waals surface area contributed by atoms with Crippen LogP contribution in [0.15, 0.2) is 27.3 Å². The number of aromatic amines is 1. The van der Waals surface area contributed by atoms with E-state index < -0.39 is 17.9 Å². The van der Waals surface area contributed by atoms with Gasteiger partial charge in [0.15, 0.2) is 0 Å². The Morgan fingerprint density at radius 1 is 1.33 bits per heavy atom. The fourth-order valence-electron chi connectivity index (χ4n) is 2.09. The Morgan fingerprint density at radius 2 is 2.00 bits per heavy atom. The molecule has 0 bridgehead atoms. The molecule has 21 heavy (non-hydrogen) atoms. The van der Waals surface area contributed by atoms with Crippen LogP contribution in [0.2, 0.25) is 0 Å². The van der Waals surface area contributed by atoms with Crippen LogP contribution in [0.25, 0.3) is 10.9 Å². The summed E-state index contributed by atoms with van der Waals surface area (Å²) in [4.78, 5) is 26.4. The van der Waals surface area contributed by atoms with Crippen molar-refractivity contribution in [2.75, 3.05) is 0 Å². The second-order valence-electron chi connectivity index (χ2n) is 4.67. The van der Waals surface area contributed by atoms with Crippen LogP contribution in [-0.2, 0) is 4.79 Å². The molecule has 0 spiro atoms. The van der Waals surface area contributed by atoms with E-state index in [-0.39, 0.29) is 0 Å². The van der Waals surface area contributed by atoms with Crippen LogP contribution in [0.5, 0.6) is 0 Å². The molecular formula is C14H14Br2N2O3. The van der Waals surface area contributed by atoms with E-state index in [2.05, 4.69) is 42.2 Å². The van der Waals surface area contributed by atoms with Gasteiger partial charge >= 0.3 is 5.97 Å². The summed E-state index contributed by atoms with van der Waals surface area (Å²) in [6.45, 7) is 1.88. The molecule has 0 saturated heterocycles. The highest BCUT2D eigenvalue weighted by Crippen LogP contribution is 2.30. The minimum Gasteiger partial charge on any atom is -0.480 e. The summed E-state index contributed by atoms with van der Waals surface area (Å²) >= 11 is 6.79. The van der Waals surface area contributed by atoms with Crippen LogP contribution in [0.4, 0.5) is 0 Å². The van der Waals surface area contributed by atoms with Crippen molar-refractivity contribution in [3.63, 3.8) is 0 Å². The molecule has 1 atom stereocenters. The number of aliphatic carboxylic acids is 1. The highest BCUT2D eigenvalue weighted by atomic mass is 79.9. The number of fused-ring (bicyclic) bond motifs is 1. The zero-order valence-corrected chi connectivity index (χ0v) is 14.4. The largest absolute Gasteiger partial charge is 0.480 e. The molecule has 1 aromatic carbocycles. The Hall–Kier alpha value is -1.34. The molecule has 1 aromatic heterocycles. The zero-order valence-electron chi connectivity index (χ0n) is 11.2. The van der Waals surface area contributed by atoms with E-state index >= 15 is 0 Å². The van der Waals surface area contributed by atoms with Crippen LogP contribution in [0.1, 0.15) is 30.1 Å². The number of carbonyl (C=O) groups is 2. The van der Waals surface area contributed by atoms with Gasteiger partial charge in [0.2, 0.25) is 0 Å². The van der Waals surface area contributed by atoms with E-state index in [9.17, 15) is 9.59 Å². The maximum Gasteiger partial charge on any atom is 0.326 e. The molecule has 0 aliphatic rings. The van der Waals surface area contributed by atoms with Crippen molar-refractivity contribution in [1.82, 2.24) is 10.3 Å². The predicted octanol–water partition coefficient (Wildman–Crippen LogP) is 3.68. The lowest BCUT2D eigenvalue weighted by molar-refractivity contribution is -0.139. The maximum absolute atomic E-state index is 12.3. The first kappa shape index (κ1) is 16.0. The summed E-state index contributed by atoms with van der Waals surface area (Å²) in [6.07, 6.45) is 2.67. The van der Waals surface area contributed by atoms with Crippen LogP contribution < -0.4 is 5.32 Å². The molecular weight excluding hydrogens is 404 g/mol. The van der Waals surface area contributed by atoms with E-state index in [0.29, 0.717) is 18.4 Å². The molecule has 0 aliphatic heterocycles. The number of benzene rings is 1. The van der Waals surface area contributed by atoms with Crippen molar-refractivity contribution in [1.29, 1.82) is 0 Å². The minimum absolute atomic E-state index is 0.392. The summed E-state index contributed by atoms with van der Waals surface area (Å²) in [6, 6.07) is 2.81. The van der Waals surface area contributed by atoms with Gasteiger partial charge in [-0.2, -0.15) is 0 Å². The molecule has 0 saturated carbocycles. The SMILES string of the molecule is CCC[C@H](NC(=O)c1c[nH]c2cc(Br)c(Br)cc12)C(=O)O. The average molecular weight is 418 g/mol.